The number of hydrogen-bond donors (Lipinski definition) is 0. The Morgan fingerprint density at radius 1 is 1.04 bits per heavy atom. The number of rotatable bonds is 13. The van der Waals surface area contributed by atoms with Gasteiger partial charge in [0.05, 0.1) is 12.6 Å². The van der Waals surface area contributed by atoms with Crippen LogP contribution in [-0.4, -0.2) is 56.5 Å². The maximum absolute atomic E-state index is 12.0. The second-order valence-electron chi connectivity index (χ2n) is 7.62. The number of carbonyl (C=O) groups is 2. The highest BCUT2D eigenvalue weighted by Gasteiger charge is 2.35. The van der Waals surface area contributed by atoms with E-state index < -0.39 is 6.29 Å². The lowest BCUT2D eigenvalue weighted by Crippen LogP contribution is -2.27. The van der Waals surface area contributed by atoms with Crippen molar-refractivity contribution in [3.8, 4) is 0 Å². The number of nitrogens with zero attached hydrogens (tertiary/aromatic N) is 1. The summed E-state index contributed by atoms with van der Waals surface area (Å²) in [7, 11) is 3.63. The molecular formula is C20H37NO5. The first kappa shape index (κ1) is 22.9. The van der Waals surface area contributed by atoms with Crippen molar-refractivity contribution in [2.24, 2.45) is 5.92 Å². The number of unbranched alkanes of at least 4 members (excludes halogenated alkanes) is 6. The van der Waals surface area contributed by atoms with Crippen LogP contribution in [0.5, 0.6) is 0 Å². The second-order valence-corrected chi connectivity index (χ2v) is 7.62. The molecule has 152 valence electrons. The Morgan fingerprint density at radius 3 is 2.35 bits per heavy atom. The van der Waals surface area contributed by atoms with Gasteiger partial charge in [0.2, 0.25) is 6.29 Å². The van der Waals surface area contributed by atoms with Gasteiger partial charge in [0, 0.05) is 12.3 Å². The van der Waals surface area contributed by atoms with Gasteiger partial charge in [-0.1, -0.05) is 52.4 Å². The van der Waals surface area contributed by atoms with Gasteiger partial charge in [0.25, 0.3) is 0 Å². The normalized spacial score (nSPS) is 22.6. The average Bonchev–Trinajstić information content (AvgIpc) is 2.91. The van der Waals surface area contributed by atoms with Gasteiger partial charge in [-0.2, -0.15) is 0 Å². The monoisotopic (exact) mass is 371 g/mol. The van der Waals surface area contributed by atoms with Gasteiger partial charge < -0.3 is 14.2 Å². The summed E-state index contributed by atoms with van der Waals surface area (Å²) in [6.07, 6.45) is 8.66. The predicted octanol–water partition coefficient (Wildman–Crippen LogP) is 3.53. The topological polar surface area (TPSA) is 65.1 Å². The minimum absolute atomic E-state index is 0.116. The number of ether oxygens (including phenoxy) is 3. The van der Waals surface area contributed by atoms with E-state index in [4.69, 9.17) is 14.2 Å². The number of carbonyl (C=O) groups excluding carboxylic acids is 2. The maximum atomic E-state index is 12.0. The highest BCUT2D eigenvalue weighted by molar-refractivity contribution is 5.71. The van der Waals surface area contributed by atoms with Crippen LogP contribution in [0.3, 0.4) is 0 Å². The van der Waals surface area contributed by atoms with E-state index in [2.05, 4.69) is 6.92 Å². The largest absolute Gasteiger partial charge is 0.462 e. The Balaban J connectivity index is 2.14. The molecule has 3 atom stereocenters. The standard InChI is InChI=1S/C20H37NO5/c1-5-6-7-8-9-10-11-12-18(22)26-20-16(2)13-17(25-20)15-24-19(23)14-21(3)4/h16-17,20H,5-15H2,1-4H3. The molecule has 0 amide bonds. The smallest absolute Gasteiger partial charge is 0.320 e. The molecule has 0 bridgehead atoms. The summed E-state index contributed by atoms with van der Waals surface area (Å²) < 4.78 is 16.4. The van der Waals surface area contributed by atoms with Crippen LogP contribution in [0.1, 0.15) is 71.6 Å². The second kappa shape index (κ2) is 13.1. The zero-order valence-electron chi connectivity index (χ0n) is 17.0. The summed E-state index contributed by atoms with van der Waals surface area (Å²) in [5.74, 6) is -0.350. The van der Waals surface area contributed by atoms with Gasteiger partial charge in [-0.3, -0.25) is 14.5 Å². The van der Waals surface area contributed by atoms with E-state index >= 15 is 0 Å². The van der Waals surface area contributed by atoms with Crippen molar-refractivity contribution in [2.75, 3.05) is 27.2 Å². The molecule has 0 spiro atoms. The van der Waals surface area contributed by atoms with Crippen LogP contribution in [-0.2, 0) is 23.8 Å². The Kier molecular flexibility index (Phi) is 11.5. The molecular weight excluding hydrogens is 334 g/mol. The fraction of sp³-hybridized carbons (Fsp3) is 0.900. The molecule has 0 aromatic heterocycles. The first-order chi connectivity index (χ1) is 12.4. The number of hydrogen-bond acceptors (Lipinski definition) is 6. The average molecular weight is 372 g/mol. The van der Waals surface area contributed by atoms with Crippen LogP contribution in [0.2, 0.25) is 0 Å². The van der Waals surface area contributed by atoms with Gasteiger partial charge in [0.1, 0.15) is 6.61 Å². The molecule has 1 aliphatic heterocycles. The molecule has 0 aromatic carbocycles. The van der Waals surface area contributed by atoms with Gasteiger partial charge in [-0.05, 0) is 26.9 Å². The van der Waals surface area contributed by atoms with Gasteiger partial charge in [0.15, 0.2) is 0 Å². The van der Waals surface area contributed by atoms with Crippen LogP contribution >= 0.6 is 0 Å². The maximum Gasteiger partial charge on any atom is 0.320 e. The molecule has 6 heteroatoms. The van der Waals surface area contributed by atoms with Crippen LogP contribution in [0.25, 0.3) is 0 Å². The van der Waals surface area contributed by atoms with E-state index in [1.54, 1.807) is 4.90 Å². The fourth-order valence-electron chi connectivity index (χ4n) is 3.06. The molecule has 1 rings (SSSR count). The first-order valence-electron chi connectivity index (χ1n) is 10.1. The van der Waals surface area contributed by atoms with Crippen LogP contribution in [0.4, 0.5) is 0 Å². The molecule has 0 aliphatic carbocycles. The molecule has 6 nitrogen and oxygen atoms in total. The predicted molar refractivity (Wildman–Crippen MR) is 101 cm³/mol. The SMILES string of the molecule is CCCCCCCCCC(=O)OC1OC(COC(=O)CN(C)C)CC1C. The van der Waals surface area contributed by atoms with Crippen molar-refractivity contribution in [3.05, 3.63) is 0 Å². The van der Waals surface area contributed by atoms with Crippen molar-refractivity contribution < 1.29 is 23.8 Å². The van der Waals surface area contributed by atoms with Gasteiger partial charge in [-0.25, -0.2) is 0 Å². The van der Waals surface area contributed by atoms with Gasteiger partial charge in [-0.15, -0.1) is 0 Å². The molecule has 0 radical (unpaired) electrons. The molecule has 0 saturated carbocycles. The number of esters is 2. The number of likely N-dealkylation sites (N-methyl/N-ethyl adjacent to an activating group) is 1. The third-order valence-electron chi connectivity index (χ3n) is 4.53. The molecule has 26 heavy (non-hydrogen) atoms. The van der Waals surface area contributed by atoms with Crippen LogP contribution in [0, 0.1) is 5.92 Å². The molecule has 1 fully saturated rings. The summed E-state index contributed by atoms with van der Waals surface area (Å²) in [5, 5.41) is 0. The van der Waals surface area contributed by atoms with E-state index in [0.29, 0.717) is 6.42 Å². The molecule has 1 saturated heterocycles. The van der Waals surface area contributed by atoms with E-state index in [0.717, 1.165) is 19.3 Å². The van der Waals surface area contributed by atoms with Crippen molar-refractivity contribution >= 4 is 11.9 Å². The molecule has 0 aromatic rings. The summed E-state index contributed by atoms with van der Waals surface area (Å²) in [6.45, 7) is 4.66. The highest BCUT2D eigenvalue weighted by Crippen LogP contribution is 2.27. The fourth-order valence-corrected chi connectivity index (χ4v) is 3.06. The Bertz CT molecular complexity index is 413. The Morgan fingerprint density at radius 2 is 1.69 bits per heavy atom. The van der Waals surface area contributed by atoms with E-state index in [1.807, 2.05) is 21.0 Å². The van der Waals surface area contributed by atoms with Crippen LogP contribution in [0.15, 0.2) is 0 Å². The van der Waals surface area contributed by atoms with Crippen molar-refractivity contribution in [3.63, 3.8) is 0 Å². The molecule has 0 N–H and O–H groups in total. The summed E-state index contributed by atoms with van der Waals surface area (Å²) in [6, 6.07) is 0. The quantitative estimate of drug-likeness (QED) is 0.364. The van der Waals surface area contributed by atoms with E-state index in [9.17, 15) is 9.59 Å². The molecule has 3 unspecified atom stereocenters. The summed E-state index contributed by atoms with van der Waals surface area (Å²) in [5.41, 5.74) is 0. The van der Waals surface area contributed by atoms with Crippen LogP contribution < -0.4 is 0 Å². The minimum atomic E-state index is -0.524. The Hall–Kier alpha value is -1.14. The summed E-state index contributed by atoms with van der Waals surface area (Å²) in [4.78, 5) is 25.3. The lowest BCUT2D eigenvalue weighted by molar-refractivity contribution is -0.185. The molecule has 1 heterocycles. The third-order valence-corrected chi connectivity index (χ3v) is 4.53. The minimum Gasteiger partial charge on any atom is -0.462 e. The van der Waals surface area contributed by atoms with Crippen molar-refractivity contribution in [1.82, 2.24) is 4.90 Å². The van der Waals surface area contributed by atoms with Crippen molar-refractivity contribution in [2.45, 2.75) is 84.0 Å². The highest BCUT2D eigenvalue weighted by atomic mass is 16.7. The lowest BCUT2D eigenvalue weighted by atomic mass is 10.1. The zero-order valence-corrected chi connectivity index (χ0v) is 17.0. The Labute approximate surface area is 158 Å². The van der Waals surface area contributed by atoms with Crippen molar-refractivity contribution in [1.29, 1.82) is 0 Å². The van der Waals surface area contributed by atoms with E-state index in [1.165, 1.54) is 32.1 Å². The van der Waals surface area contributed by atoms with Gasteiger partial charge >= 0.3 is 11.9 Å². The summed E-state index contributed by atoms with van der Waals surface area (Å²) >= 11 is 0. The first-order valence-corrected chi connectivity index (χ1v) is 10.1. The third kappa shape index (κ3) is 10.1. The zero-order chi connectivity index (χ0) is 19.4. The molecule has 1 aliphatic rings. The lowest BCUT2D eigenvalue weighted by Gasteiger charge is -2.17. The van der Waals surface area contributed by atoms with E-state index in [-0.39, 0.29) is 37.1 Å².